The van der Waals surface area contributed by atoms with E-state index < -0.39 is 60.2 Å². The van der Waals surface area contributed by atoms with Gasteiger partial charge in [-0.15, -0.1) is 0 Å². The Morgan fingerprint density at radius 2 is 1.60 bits per heavy atom. The molecule has 14 nitrogen and oxygen atoms in total. The van der Waals surface area contributed by atoms with E-state index in [1.54, 1.807) is 31.2 Å². The fourth-order valence-electron chi connectivity index (χ4n) is 7.86. The normalized spacial score (nSPS) is 19.4. The molecule has 1 fully saturated rings. The number of ether oxygens (including phenoxy) is 1. The molecule has 1 unspecified atom stereocenters. The number of aliphatic carboxylic acids is 1. The molecule has 1 aliphatic carbocycles. The second kappa shape index (κ2) is 18.7. The summed E-state index contributed by atoms with van der Waals surface area (Å²) in [5.74, 6) is -4.50. The number of hydrogen-bond donors (Lipinski definition) is 5. The van der Waals surface area contributed by atoms with E-state index in [1.165, 1.54) is 17.0 Å². The van der Waals surface area contributed by atoms with E-state index in [0.29, 0.717) is 29.9 Å². The molecule has 1 saturated carbocycles. The van der Waals surface area contributed by atoms with Gasteiger partial charge in [-0.25, -0.2) is 4.79 Å². The van der Waals surface area contributed by atoms with Crippen LogP contribution in [0.3, 0.4) is 0 Å². The fraction of sp³-hybridized carbons (Fsp3) is 0.419. The van der Waals surface area contributed by atoms with Crippen LogP contribution in [0.1, 0.15) is 86.6 Å². The minimum atomic E-state index is -1.37. The van der Waals surface area contributed by atoms with E-state index in [-0.39, 0.29) is 43.5 Å². The zero-order valence-electron chi connectivity index (χ0n) is 32.0. The van der Waals surface area contributed by atoms with Crippen LogP contribution in [0, 0.1) is 5.92 Å². The molecule has 4 atom stereocenters. The van der Waals surface area contributed by atoms with Crippen molar-refractivity contribution in [3.05, 3.63) is 95.1 Å². The average Bonchev–Trinajstić information content (AvgIpc) is 3.22. The Hall–Kier alpha value is -6.05. The maximum atomic E-state index is 14.8. The molecule has 5 N–H and O–H groups in total. The quantitative estimate of drug-likeness (QED) is 0.170. The molecule has 3 aromatic rings. The zero-order valence-corrected chi connectivity index (χ0v) is 32.0. The molecule has 5 amide bonds. The van der Waals surface area contributed by atoms with Crippen molar-refractivity contribution in [2.45, 2.75) is 102 Å². The largest absolute Gasteiger partial charge is 0.479 e. The van der Waals surface area contributed by atoms with Gasteiger partial charge in [0, 0.05) is 19.4 Å². The third-order valence-electron chi connectivity index (χ3n) is 10.9. The Balaban J connectivity index is 1.21. The average molecular weight is 780 g/mol. The minimum absolute atomic E-state index is 0.0454. The number of ketones is 1. The van der Waals surface area contributed by atoms with Gasteiger partial charge in [-0.3, -0.25) is 28.8 Å². The number of carboxylic acids is 1. The summed E-state index contributed by atoms with van der Waals surface area (Å²) >= 11 is 0. The molecule has 14 heteroatoms. The molecule has 300 valence electrons. The summed E-state index contributed by atoms with van der Waals surface area (Å²) in [6, 6.07) is 16.5. The van der Waals surface area contributed by atoms with Crippen LogP contribution in [0.4, 0.5) is 0 Å². The summed E-state index contributed by atoms with van der Waals surface area (Å²) < 4.78 is 6.15. The molecule has 0 aromatic heterocycles. The Kier molecular flexibility index (Phi) is 13.3. The Labute approximate surface area is 331 Å². The molecular formula is C43H49N5O9. The van der Waals surface area contributed by atoms with E-state index in [9.17, 15) is 38.7 Å². The lowest BCUT2D eigenvalue weighted by atomic mass is 9.82. The number of amides is 5. The number of nitrogens with zero attached hydrogens (tertiary/aromatic N) is 1. The van der Waals surface area contributed by atoms with Crippen molar-refractivity contribution in [2.75, 3.05) is 6.54 Å². The molecule has 4 aliphatic rings. The number of carbonyl (C=O) groups is 7. The molecule has 57 heavy (non-hydrogen) atoms. The first-order valence-corrected chi connectivity index (χ1v) is 19.7. The SMILES string of the molecule is CCCC(NC(=O)[C@@H]1Cc2ccc3cc2CN1C(=O)[C@H](C1CCCCC1)NC(=O)CCc1ccc(cc1)O3)C(=O)C(=O)NCC(=O)N[C@H](C(=O)O)c1ccccc1. The molecule has 0 radical (unpaired) electrons. The van der Waals surface area contributed by atoms with Crippen LogP contribution in [0.5, 0.6) is 11.5 Å². The van der Waals surface area contributed by atoms with Crippen LogP contribution in [0.25, 0.3) is 0 Å². The van der Waals surface area contributed by atoms with E-state index in [0.717, 1.165) is 48.8 Å². The lowest BCUT2D eigenvalue weighted by molar-refractivity contribution is -0.147. The number of fused-ring (bicyclic) bond motifs is 7. The number of hydrogen-bond acceptors (Lipinski definition) is 8. The molecule has 3 heterocycles. The summed E-state index contributed by atoms with van der Waals surface area (Å²) in [5.41, 5.74) is 2.85. The molecular weight excluding hydrogens is 730 g/mol. The first-order chi connectivity index (χ1) is 27.5. The van der Waals surface area contributed by atoms with Crippen molar-refractivity contribution in [1.82, 2.24) is 26.2 Å². The van der Waals surface area contributed by atoms with Crippen LogP contribution in [0.2, 0.25) is 0 Å². The molecule has 3 aliphatic heterocycles. The van der Waals surface area contributed by atoms with E-state index in [2.05, 4.69) is 21.3 Å². The standard InChI is InChI=1S/C43H49N5O9/c1-2-9-33(39(51)41(53)44-24-36(50)47-38(43(55)56)28-12-7-4-8-13-28)45-40(52)34-23-29-17-20-32-22-30(29)25-48(34)42(54)37(27-10-5-3-6-11-27)46-35(49)21-16-26-14-18-31(57-32)19-15-26/h4,7-8,12-15,17-20,22,27,33-34,37-38H,2-3,5-6,9-11,16,21,23-25H2,1H3,(H,44,53)(H,45,52)(H,46,49)(H,47,50)(H,55,56)/t33?,34-,37-,38-/m0/s1. The third-order valence-corrected chi connectivity index (χ3v) is 10.9. The Bertz CT molecular complexity index is 1980. The van der Waals surface area contributed by atoms with Crippen LogP contribution in [-0.2, 0) is 52.9 Å². The maximum absolute atomic E-state index is 14.8. The van der Waals surface area contributed by atoms with Gasteiger partial charge in [0.05, 0.1) is 12.6 Å². The number of benzene rings is 3. The van der Waals surface area contributed by atoms with Crippen molar-refractivity contribution in [3.8, 4) is 11.5 Å². The van der Waals surface area contributed by atoms with Crippen molar-refractivity contribution in [2.24, 2.45) is 5.92 Å². The van der Waals surface area contributed by atoms with Gasteiger partial charge in [0.25, 0.3) is 5.91 Å². The lowest BCUT2D eigenvalue weighted by Crippen LogP contribution is -2.61. The Morgan fingerprint density at radius 1 is 0.877 bits per heavy atom. The van der Waals surface area contributed by atoms with Gasteiger partial charge in [-0.2, -0.15) is 0 Å². The van der Waals surface area contributed by atoms with Crippen LogP contribution in [0.15, 0.2) is 72.8 Å². The summed E-state index contributed by atoms with van der Waals surface area (Å²) in [6.45, 7) is 1.15. The fourth-order valence-corrected chi connectivity index (χ4v) is 7.86. The smallest absolute Gasteiger partial charge is 0.330 e. The predicted octanol–water partition coefficient (Wildman–Crippen LogP) is 3.66. The van der Waals surface area contributed by atoms with Gasteiger partial charge in [0.15, 0.2) is 6.04 Å². The summed E-state index contributed by atoms with van der Waals surface area (Å²) in [5, 5.41) is 20.0. The highest BCUT2D eigenvalue weighted by molar-refractivity contribution is 6.38. The van der Waals surface area contributed by atoms with Gasteiger partial charge in [-0.1, -0.05) is 81.1 Å². The van der Waals surface area contributed by atoms with Gasteiger partial charge in [0.2, 0.25) is 29.4 Å². The molecule has 3 aromatic carbocycles. The second-order valence-corrected chi connectivity index (χ2v) is 15.0. The highest BCUT2D eigenvalue weighted by Gasteiger charge is 2.42. The molecule has 0 saturated heterocycles. The van der Waals surface area contributed by atoms with Crippen molar-refractivity contribution < 1.29 is 43.4 Å². The van der Waals surface area contributed by atoms with Crippen LogP contribution < -0.4 is 26.0 Å². The van der Waals surface area contributed by atoms with Crippen molar-refractivity contribution in [3.63, 3.8) is 0 Å². The number of rotatable bonds is 12. The number of nitrogens with one attached hydrogen (secondary N) is 4. The first kappa shape index (κ1) is 40.6. The summed E-state index contributed by atoms with van der Waals surface area (Å²) in [4.78, 5) is 95.1. The van der Waals surface area contributed by atoms with Gasteiger partial charge in [0.1, 0.15) is 23.6 Å². The number of carboxylic acid groups (broad SMARTS) is 1. The van der Waals surface area contributed by atoms with Crippen LogP contribution in [-0.4, -0.2) is 76.0 Å². The number of aryl methyl sites for hydroxylation is 1. The zero-order chi connectivity index (χ0) is 40.5. The maximum Gasteiger partial charge on any atom is 0.330 e. The van der Waals surface area contributed by atoms with Crippen molar-refractivity contribution in [1.29, 1.82) is 0 Å². The highest BCUT2D eigenvalue weighted by Crippen LogP contribution is 2.33. The summed E-state index contributed by atoms with van der Waals surface area (Å²) in [7, 11) is 0. The second-order valence-electron chi connectivity index (χ2n) is 15.0. The first-order valence-electron chi connectivity index (χ1n) is 19.7. The summed E-state index contributed by atoms with van der Waals surface area (Å²) in [6.07, 6.45) is 5.63. The van der Waals surface area contributed by atoms with Gasteiger partial charge >= 0.3 is 5.97 Å². The van der Waals surface area contributed by atoms with E-state index >= 15 is 0 Å². The number of carbonyl (C=O) groups excluding carboxylic acids is 6. The minimum Gasteiger partial charge on any atom is -0.479 e. The van der Waals surface area contributed by atoms with Crippen LogP contribution >= 0.6 is 0 Å². The van der Waals surface area contributed by atoms with E-state index in [1.807, 2.05) is 36.4 Å². The molecule has 5 bridgehead atoms. The molecule has 7 rings (SSSR count). The van der Waals surface area contributed by atoms with Gasteiger partial charge < -0.3 is 36.0 Å². The predicted molar refractivity (Wildman–Crippen MR) is 208 cm³/mol. The highest BCUT2D eigenvalue weighted by atomic mass is 16.5. The van der Waals surface area contributed by atoms with E-state index in [4.69, 9.17) is 4.74 Å². The number of Topliss-reactive ketones (excluding diaryl/α,β-unsaturated/α-hetero) is 1. The van der Waals surface area contributed by atoms with Crippen molar-refractivity contribution >= 4 is 41.3 Å². The molecule has 0 spiro atoms. The topological polar surface area (TPSA) is 200 Å². The Morgan fingerprint density at radius 3 is 2.30 bits per heavy atom. The lowest BCUT2D eigenvalue weighted by Gasteiger charge is -2.40. The monoisotopic (exact) mass is 779 g/mol. The van der Waals surface area contributed by atoms with Gasteiger partial charge in [-0.05, 0) is 78.1 Å². The third kappa shape index (κ3) is 10.2.